The second kappa shape index (κ2) is 7.61. The van der Waals surface area contributed by atoms with Crippen LogP contribution in [0.3, 0.4) is 0 Å². The number of benzene rings is 1. The molecule has 0 spiro atoms. The van der Waals surface area contributed by atoms with Crippen LogP contribution in [0.4, 0.5) is 0 Å². The van der Waals surface area contributed by atoms with Gasteiger partial charge in [-0.05, 0) is 31.5 Å². The fourth-order valence-electron chi connectivity index (χ4n) is 2.48. The van der Waals surface area contributed by atoms with E-state index < -0.39 is 10.0 Å². The molecule has 25 heavy (non-hydrogen) atoms. The summed E-state index contributed by atoms with van der Waals surface area (Å²) in [5, 5.41) is 5.56. The number of carbonyl (C=O) groups is 1. The highest BCUT2D eigenvalue weighted by molar-refractivity contribution is 7.89. The van der Waals surface area contributed by atoms with E-state index in [2.05, 4.69) is 15.0 Å². The monoisotopic (exact) mass is 381 g/mol. The highest BCUT2D eigenvalue weighted by Crippen LogP contribution is 2.15. The average molecular weight is 381 g/mol. The minimum atomic E-state index is -3.68. The molecule has 2 heterocycles. The van der Waals surface area contributed by atoms with Crippen LogP contribution in [0.15, 0.2) is 34.5 Å². The van der Waals surface area contributed by atoms with Crippen LogP contribution in [0.5, 0.6) is 0 Å². The van der Waals surface area contributed by atoms with E-state index in [1.165, 1.54) is 23.5 Å². The molecule has 3 rings (SSSR count). The van der Waals surface area contributed by atoms with Gasteiger partial charge in [-0.25, -0.2) is 18.1 Å². The molecule has 1 saturated heterocycles. The van der Waals surface area contributed by atoms with Crippen molar-refractivity contribution in [3.8, 4) is 0 Å². The van der Waals surface area contributed by atoms with Crippen LogP contribution >= 0.6 is 11.3 Å². The maximum absolute atomic E-state index is 12.4. The number of amides is 1. The second-order valence-electron chi connectivity index (χ2n) is 5.75. The van der Waals surface area contributed by atoms with Gasteiger partial charge in [0, 0.05) is 23.6 Å². The molecule has 1 atom stereocenters. The molecular formula is C16H19N3O4S2. The molecular weight excluding hydrogens is 362 g/mol. The second-order valence-corrected chi connectivity index (χ2v) is 8.53. The van der Waals surface area contributed by atoms with Crippen molar-refractivity contribution in [2.45, 2.75) is 30.8 Å². The summed E-state index contributed by atoms with van der Waals surface area (Å²) in [6.07, 6.45) is 0.645. The number of hydrogen-bond acceptors (Lipinski definition) is 6. The van der Waals surface area contributed by atoms with Crippen molar-refractivity contribution in [3.05, 3.63) is 45.9 Å². The van der Waals surface area contributed by atoms with E-state index >= 15 is 0 Å². The van der Waals surface area contributed by atoms with Gasteiger partial charge < -0.3 is 10.1 Å². The molecule has 0 unspecified atom stereocenters. The van der Waals surface area contributed by atoms with Gasteiger partial charge in [0.1, 0.15) is 0 Å². The standard InChI is InChI=1S/C16H19N3O4S2/c1-11-18-14(10-24-11)8-17-16(20)12-3-2-4-15(7-12)25(21,22)19-13-5-6-23-9-13/h2-4,7,10,13,19H,5-6,8-9H2,1H3,(H,17,20)/t13-/m1/s1. The lowest BCUT2D eigenvalue weighted by Gasteiger charge is -2.12. The molecule has 2 N–H and O–H groups in total. The lowest BCUT2D eigenvalue weighted by Crippen LogP contribution is -2.35. The first-order chi connectivity index (χ1) is 11.9. The third-order valence-electron chi connectivity index (χ3n) is 3.75. The van der Waals surface area contributed by atoms with Gasteiger partial charge in [0.25, 0.3) is 5.91 Å². The number of rotatable bonds is 6. The number of aryl methyl sites for hydroxylation is 1. The molecule has 134 valence electrons. The smallest absolute Gasteiger partial charge is 0.251 e. The average Bonchev–Trinajstić information content (AvgIpc) is 3.24. The molecule has 0 saturated carbocycles. The molecule has 1 aliphatic heterocycles. The number of sulfonamides is 1. The number of hydrogen-bond donors (Lipinski definition) is 2. The first-order valence-electron chi connectivity index (χ1n) is 7.83. The number of thiazole rings is 1. The zero-order valence-corrected chi connectivity index (χ0v) is 15.3. The van der Waals surface area contributed by atoms with Crippen molar-refractivity contribution in [2.24, 2.45) is 0 Å². The zero-order valence-electron chi connectivity index (χ0n) is 13.7. The van der Waals surface area contributed by atoms with Crippen molar-refractivity contribution in [2.75, 3.05) is 13.2 Å². The summed E-state index contributed by atoms with van der Waals surface area (Å²) < 4.78 is 32.7. The Hall–Kier alpha value is -1.81. The summed E-state index contributed by atoms with van der Waals surface area (Å²) >= 11 is 1.51. The van der Waals surface area contributed by atoms with Crippen molar-refractivity contribution < 1.29 is 17.9 Å². The minimum absolute atomic E-state index is 0.0663. The molecule has 7 nitrogen and oxygen atoms in total. The SMILES string of the molecule is Cc1nc(CNC(=O)c2cccc(S(=O)(=O)N[C@@H]3CCOC3)c2)cs1. The van der Waals surface area contributed by atoms with E-state index in [-0.39, 0.29) is 22.4 Å². The summed E-state index contributed by atoms with van der Waals surface area (Å²) in [4.78, 5) is 16.6. The van der Waals surface area contributed by atoms with Gasteiger partial charge in [0.05, 0.1) is 28.7 Å². The van der Waals surface area contributed by atoms with Crippen LogP contribution in [0.1, 0.15) is 27.5 Å². The number of carbonyl (C=O) groups excluding carboxylic acids is 1. The lowest BCUT2D eigenvalue weighted by atomic mass is 10.2. The molecule has 0 aliphatic carbocycles. The van der Waals surface area contributed by atoms with Crippen LogP contribution in [-0.2, 0) is 21.3 Å². The van der Waals surface area contributed by atoms with Gasteiger partial charge >= 0.3 is 0 Å². The fourth-order valence-corrected chi connectivity index (χ4v) is 4.39. The maximum Gasteiger partial charge on any atom is 0.251 e. The molecule has 2 aromatic rings. The summed E-state index contributed by atoms with van der Waals surface area (Å²) in [7, 11) is -3.68. The van der Waals surface area contributed by atoms with E-state index in [0.717, 1.165) is 10.7 Å². The molecule has 1 aliphatic rings. The highest BCUT2D eigenvalue weighted by Gasteiger charge is 2.24. The summed E-state index contributed by atoms with van der Waals surface area (Å²) in [6, 6.07) is 5.76. The first kappa shape index (κ1) is 18.0. The molecule has 9 heteroatoms. The van der Waals surface area contributed by atoms with E-state index in [9.17, 15) is 13.2 Å². The molecule has 1 fully saturated rings. The Bertz CT molecular complexity index is 858. The molecule has 1 aromatic heterocycles. The fraction of sp³-hybridized carbons (Fsp3) is 0.375. The summed E-state index contributed by atoms with van der Waals surface area (Å²) in [6.45, 7) is 3.11. The Kier molecular flexibility index (Phi) is 5.48. The predicted octanol–water partition coefficient (Wildman–Crippen LogP) is 1.45. The number of nitrogens with one attached hydrogen (secondary N) is 2. The predicted molar refractivity (Wildman–Crippen MR) is 94.0 cm³/mol. The third kappa shape index (κ3) is 4.63. The topological polar surface area (TPSA) is 97.4 Å². The minimum Gasteiger partial charge on any atom is -0.380 e. The van der Waals surface area contributed by atoms with Gasteiger partial charge in [-0.1, -0.05) is 6.07 Å². The first-order valence-corrected chi connectivity index (χ1v) is 10.2. The Labute approximate surface area is 150 Å². The Morgan fingerprint density at radius 2 is 2.28 bits per heavy atom. The Balaban J connectivity index is 1.68. The normalized spacial score (nSPS) is 17.6. The largest absolute Gasteiger partial charge is 0.380 e. The number of nitrogens with zero attached hydrogens (tertiary/aromatic N) is 1. The van der Waals surface area contributed by atoms with Crippen molar-refractivity contribution in [3.63, 3.8) is 0 Å². The summed E-state index contributed by atoms with van der Waals surface area (Å²) in [5.74, 6) is -0.341. The maximum atomic E-state index is 12.4. The van der Waals surface area contributed by atoms with Crippen LogP contribution in [0.2, 0.25) is 0 Å². The Morgan fingerprint density at radius 1 is 1.44 bits per heavy atom. The van der Waals surface area contributed by atoms with Crippen molar-refractivity contribution >= 4 is 27.3 Å². The van der Waals surface area contributed by atoms with E-state index in [4.69, 9.17) is 4.74 Å². The highest BCUT2D eigenvalue weighted by atomic mass is 32.2. The van der Waals surface area contributed by atoms with E-state index in [1.54, 1.807) is 12.1 Å². The Morgan fingerprint density at radius 3 is 2.96 bits per heavy atom. The van der Waals surface area contributed by atoms with E-state index in [1.807, 2.05) is 12.3 Å². The molecule has 0 radical (unpaired) electrons. The quantitative estimate of drug-likeness (QED) is 0.789. The number of ether oxygens (including phenoxy) is 1. The van der Waals surface area contributed by atoms with Crippen LogP contribution in [0.25, 0.3) is 0 Å². The molecule has 0 bridgehead atoms. The van der Waals surface area contributed by atoms with Crippen molar-refractivity contribution in [1.82, 2.24) is 15.0 Å². The van der Waals surface area contributed by atoms with Gasteiger partial charge in [-0.2, -0.15) is 0 Å². The lowest BCUT2D eigenvalue weighted by molar-refractivity contribution is 0.0950. The van der Waals surface area contributed by atoms with Gasteiger partial charge in [-0.3, -0.25) is 4.79 Å². The van der Waals surface area contributed by atoms with Crippen molar-refractivity contribution in [1.29, 1.82) is 0 Å². The van der Waals surface area contributed by atoms with Crippen LogP contribution in [-0.4, -0.2) is 38.6 Å². The van der Waals surface area contributed by atoms with Gasteiger partial charge in [-0.15, -0.1) is 11.3 Å². The molecule has 1 amide bonds. The number of aromatic nitrogens is 1. The molecule has 1 aromatic carbocycles. The summed E-state index contributed by atoms with van der Waals surface area (Å²) in [5.41, 5.74) is 1.07. The zero-order chi connectivity index (χ0) is 17.9. The van der Waals surface area contributed by atoms with E-state index in [0.29, 0.717) is 26.2 Å². The van der Waals surface area contributed by atoms with Gasteiger partial charge in [0.2, 0.25) is 10.0 Å². The van der Waals surface area contributed by atoms with Crippen LogP contribution < -0.4 is 10.0 Å². The van der Waals surface area contributed by atoms with Gasteiger partial charge in [0.15, 0.2) is 0 Å². The van der Waals surface area contributed by atoms with Crippen LogP contribution in [0, 0.1) is 6.92 Å². The third-order valence-corrected chi connectivity index (χ3v) is 6.10.